The number of aromatic nitrogens is 2. The van der Waals surface area contributed by atoms with Crippen LogP contribution in [0.3, 0.4) is 0 Å². The Morgan fingerprint density at radius 1 is 1.35 bits per heavy atom. The van der Waals surface area contributed by atoms with Gasteiger partial charge < -0.3 is 9.40 Å². The number of rotatable bonds is 2. The summed E-state index contributed by atoms with van der Waals surface area (Å²) in [7, 11) is 0. The van der Waals surface area contributed by atoms with Crippen molar-refractivity contribution in [2.45, 2.75) is 26.3 Å². The molecule has 26 heavy (non-hydrogen) atoms. The zero-order valence-corrected chi connectivity index (χ0v) is 14.9. The van der Waals surface area contributed by atoms with Crippen LogP contribution in [0.25, 0.3) is 11.1 Å². The summed E-state index contributed by atoms with van der Waals surface area (Å²) >= 11 is 5.96. The summed E-state index contributed by atoms with van der Waals surface area (Å²) in [6.45, 7) is 3.22. The third-order valence-electron chi connectivity index (χ3n) is 4.45. The highest BCUT2D eigenvalue weighted by molar-refractivity contribution is 6.30. The number of fused-ring (bicyclic) bond motifs is 1. The van der Waals surface area contributed by atoms with Crippen LogP contribution in [0.2, 0.25) is 5.02 Å². The second kappa shape index (κ2) is 6.10. The first-order valence-corrected chi connectivity index (χ1v) is 8.43. The normalized spacial score (nSPS) is 17.0. The van der Waals surface area contributed by atoms with Gasteiger partial charge in [0, 0.05) is 18.4 Å². The Kier molecular flexibility index (Phi) is 3.88. The number of hydrogen-bond acceptors (Lipinski definition) is 5. The Balaban J connectivity index is 1.83. The first-order chi connectivity index (χ1) is 12.5. The quantitative estimate of drug-likeness (QED) is 0.749. The number of furan rings is 1. The molecule has 0 radical (unpaired) electrons. The largest absolute Gasteiger partial charge is 0.442 e. The number of carbonyl (C=O) groups excluding carboxylic acids is 1. The zero-order chi connectivity index (χ0) is 18.4. The third-order valence-corrected chi connectivity index (χ3v) is 4.70. The molecule has 3 aromatic rings. The predicted octanol–water partition coefficient (Wildman–Crippen LogP) is 3.18. The van der Waals surface area contributed by atoms with E-state index >= 15 is 0 Å². The standard InChI is InChI=1S/C18H15ClN4O3/c1-9-15(16-17(25)20-8-21-18(16)26-9)13-7-14(23(22-13)10(2)24)11-3-5-12(19)6-4-11/h3-6,8,14H,7H2,1-2H3,(H,20,21,25). The zero-order valence-electron chi connectivity index (χ0n) is 14.1. The maximum atomic E-state index is 12.3. The van der Waals surface area contributed by atoms with Gasteiger partial charge in [-0.2, -0.15) is 5.10 Å². The summed E-state index contributed by atoms with van der Waals surface area (Å²) in [5.41, 5.74) is 2.09. The Morgan fingerprint density at radius 2 is 2.08 bits per heavy atom. The summed E-state index contributed by atoms with van der Waals surface area (Å²) in [5.74, 6) is 0.362. The van der Waals surface area contributed by atoms with Gasteiger partial charge in [-0.3, -0.25) is 9.59 Å². The molecule has 132 valence electrons. The van der Waals surface area contributed by atoms with Crippen LogP contribution in [-0.2, 0) is 4.79 Å². The minimum atomic E-state index is -0.297. The van der Waals surface area contributed by atoms with E-state index in [0.29, 0.717) is 33.9 Å². The number of amides is 1. The number of aryl methyl sites for hydroxylation is 1. The number of aromatic amines is 1. The number of hydrazone groups is 1. The van der Waals surface area contributed by atoms with E-state index in [-0.39, 0.29) is 23.2 Å². The molecule has 1 aromatic carbocycles. The first-order valence-electron chi connectivity index (χ1n) is 8.05. The van der Waals surface area contributed by atoms with E-state index in [4.69, 9.17) is 16.0 Å². The maximum absolute atomic E-state index is 12.3. The molecule has 1 aliphatic heterocycles. The number of H-pyrrole nitrogens is 1. The van der Waals surface area contributed by atoms with Gasteiger partial charge in [0.1, 0.15) is 11.1 Å². The van der Waals surface area contributed by atoms with Crippen LogP contribution in [0.1, 0.15) is 36.3 Å². The monoisotopic (exact) mass is 370 g/mol. The van der Waals surface area contributed by atoms with E-state index < -0.39 is 0 Å². The van der Waals surface area contributed by atoms with Gasteiger partial charge in [-0.1, -0.05) is 23.7 Å². The molecule has 0 saturated heterocycles. The highest BCUT2D eigenvalue weighted by atomic mass is 35.5. The number of benzene rings is 1. The highest BCUT2D eigenvalue weighted by Crippen LogP contribution is 2.35. The molecular weight excluding hydrogens is 356 g/mol. The summed E-state index contributed by atoms with van der Waals surface area (Å²) in [5, 5.41) is 6.89. The SMILES string of the molecule is CC(=O)N1N=C(c2c(C)oc3nc[nH]c(=O)c23)CC1c1ccc(Cl)cc1. The third kappa shape index (κ3) is 2.61. The van der Waals surface area contributed by atoms with Crippen LogP contribution in [0.15, 0.2) is 44.9 Å². The van der Waals surface area contributed by atoms with Crippen LogP contribution in [-0.4, -0.2) is 26.6 Å². The first kappa shape index (κ1) is 16.5. The second-order valence-electron chi connectivity index (χ2n) is 6.13. The van der Waals surface area contributed by atoms with E-state index in [9.17, 15) is 9.59 Å². The molecule has 0 aliphatic carbocycles. The van der Waals surface area contributed by atoms with Gasteiger partial charge in [0.25, 0.3) is 5.56 Å². The molecule has 1 amide bonds. The minimum Gasteiger partial charge on any atom is -0.442 e. The van der Waals surface area contributed by atoms with Crippen molar-refractivity contribution in [3.63, 3.8) is 0 Å². The van der Waals surface area contributed by atoms with E-state index in [1.54, 1.807) is 19.1 Å². The Labute approximate surface area is 153 Å². The summed E-state index contributed by atoms with van der Waals surface area (Å²) in [6.07, 6.45) is 1.76. The molecule has 4 rings (SSSR count). The van der Waals surface area contributed by atoms with Crippen LogP contribution in [0.5, 0.6) is 0 Å². The predicted molar refractivity (Wildman–Crippen MR) is 97.2 cm³/mol. The number of nitrogens with one attached hydrogen (secondary N) is 1. The van der Waals surface area contributed by atoms with Gasteiger partial charge >= 0.3 is 0 Å². The topological polar surface area (TPSA) is 91.6 Å². The van der Waals surface area contributed by atoms with Crippen molar-refractivity contribution in [1.29, 1.82) is 0 Å². The summed E-state index contributed by atoms with van der Waals surface area (Å²) < 4.78 is 5.61. The summed E-state index contributed by atoms with van der Waals surface area (Å²) in [4.78, 5) is 31.0. The average Bonchev–Trinajstić information content (AvgIpc) is 3.17. The summed E-state index contributed by atoms with van der Waals surface area (Å²) in [6, 6.07) is 7.03. The van der Waals surface area contributed by atoms with Gasteiger partial charge in [-0.15, -0.1) is 0 Å². The lowest BCUT2D eigenvalue weighted by Crippen LogP contribution is -2.24. The molecule has 0 bridgehead atoms. The average molecular weight is 371 g/mol. The van der Waals surface area contributed by atoms with Crippen molar-refractivity contribution in [3.05, 3.63) is 62.9 Å². The van der Waals surface area contributed by atoms with E-state index in [1.807, 2.05) is 12.1 Å². The smallest absolute Gasteiger partial charge is 0.262 e. The van der Waals surface area contributed by atoms with E-state index in [2.05, 4.69) is 15.1 Å². The lowest BCUT2D eigenvalue weighted by atomic mass is 9.97. The van der Waals surface area contributed by atoms with Crippen molar-refractivity contribution < 1.29 is 9.21 Å². The van der Waals surface area contributed by atoms with Crippen molar-refractivity contribution in [2.75, 3.05) is 0 Å². The maximum Gasteiger partial charge on any atom is 0.262 e. The molecule has 2 aromatic heterocycles. The molecule has 0 fully saturated rings. The van der Waals surface area contributed by atoms with Crippen LogP contribution in [0, 0.1) is 6.92 Å². The molecule has 7 nitrogen and oxygen atoms in total. The Bertz CT molecular complexity index is 1100. The fourth-order valence-corrected chi connectivity index (χ4v) is 3.42. The fraction of sp³-hybridized carbons (Fsp3) is 0.222. The van der Waals surface area contributed by atoms with Crippen molar-refractivity contribution in [2.24, 2.45) is 5.10 Å². The lowest BCUT2D eigenvalue weighted by molar-refractivity contribution is -0.130. The van der Waals surface area contributed by atoms with Gasteiger partial charge in [-0.25, -0.2) is 9.99 Å². The molecule has 1 N–H and O–H groups in total. The minimum absolute atomic E-state index is 0.183. The van der Waals surface area contributed by atoms with Crippen LogP contribution < -0.4 is 5.56 Å². The fourth-order valence-electron chi connectivity index (χ4n) is 3.30. The molecule has 1 unspecified atom stereocenters. The Hall–Kier alpha value is -2.93. The van der Waals surface area contributed by atoms with E-state index in [0.717, 1.165) is 5.56 Å². The number of carbonyl (C=O) groups is 1. The van der Waals surface area contributed by atoms with Gasteiger partial charge in [-0.05, 0) is 24.6 Å². The van der Waals surface area contributed by atoms with E-state index in [1.165, 1.54) is 18.3 Å². The van der Waals surface area contributed by atoms with Gasteiger partial charge in [0.2, 0.25) is 11.6 Å². The number of nitrogens with zero attached hydrogens (tertiary/aromatic N) is 3. The molecular formula is C18H15ClN4O3. The number of hydrogen-bond donors (Lipinski definition) is 1. The van der Waals surface area contributed by atoms with Crippen molar-refractivity contribution in [3.8, 4) is 0 Å². The molecule has 1 aliphatic rings. The highest BCUT2D eigenvalue weighted by Gasteiger charge is 2.34. The molecule has 1 atom stereocenters. The molecule has 0 spiro atoms. The van der Waals surface area contributed by atoms with Gasteiger partial charge in [0.05, 0.1) is 23.6 Å². The molecule has 0 saturated carbocycles. The van der Waals surface area contributed by atoms with Crippen molar-refractivity contribution in [1.82, 2.24) is 15.0 Å². The van der Waals surface area contributed by atoms with Crippen LogP contribution >= 0.6 is 11.6 Å². The lowest BCUT2D eigenvalue weighted by Gasteiger charge is -2.20. The van der Waals surface area contributed by atoms with Gasteiger partial charge in [0.15, 0.2) is 0 Å². The van der Waals surface area contributed by atoms with Crippen LogP contribution in [0.4, 0.5) is 0 Å². The van der Waals surface area contributed by atoms with Crippen molar-refractivity contribution >= 4 is 34.3 Å². The number of halogens is 1. The molecule has 3 heterocycles. The second-order valence-corrected chi connectivity index (χ2v) is 6.56. The molecule has 8 heteroatoms. The Morgan fingerprint density at radius 3 is 2.77 bits per heavy atom.